The van der Waals surface area contributed by atoms with E-state index >= 15 is 0 Å². The van der Waals surface area contributed by atoms with Gasteiger partial charge in [0, 0.05) is 5.56 Å². The van der Waals surface area contributed by atoms with Crippen molar-refractivity contribution in [1.82, 2.24) is 0 Å². The number of benzene rings is 1. The summed E-state index contributed by atoms with van der Waals surface area (Å²) < 4.78 is 37.7. The van der Waals surface area contributed by atoms with Crippen molar-refractivity contribution in [3.63, 3.8) is 0 Å². The molecule has 116 valence electrons. The van der Waals surface area contributed by atoms with Crippen molar-refractivity contribution in [1.29, 1.82) is 0 Å². The van der Waals surface area contributed by atoms with Gasteiger partial charge < -0.3 is 0 Å². The third-order valence-corrected chi connectivity index (χ3v) is 3.48. The number of hydrogen-bond acceptors (Lipinski definition) is 0. The van der Waals surface area contributed by atoms with Crippen LogP contribution in [0.5, 0.6) is 0 Å². The first-order chi connectivity index (χ1) is 9.98. The first kappa shape index (κ1) is 18.8. The molecule has 3 aromatic rings. The van der Waals surface area contributed by atoms with E-state index in [4.69, 9.17) is 0 Å². The van der Waals surface area contributed by atoms with E-state index in [-0.39, 0.29) is 17.1 Å². The van der Waals surface area contributed by atoms with Crippen LogP contribution < -0.4 is 0 Å². The Bertz CT molecular complexity index is 639. The van der Waals surface area contributed by atoms with Gasteiger partial charge in [-0.2, -0.15) is 43.5 Å². The standard InChI is InChI=1S/C12H7BrF3.C5H5.Fe/c13-11-7-9(12(14,15)16)5-6-10(11)8-3-1-2-4-8;1-2-4-5-3-1;/h1-7H;1-5H;/q2*-1;+2. The molecule has 0 atom stereocenters. The van der Waals surface area contributed by atoms with Crippen LogP contribution in [0.2, 0.25) is 0 Å². The summed E-state index contributed by atoms with van der Waals surface area (Å²) in [6.45, 7) is 0. The molecule has 0 heterocycles. The smallest absolute Gasteiger partial charge is 0.214 e. The van der Waals surface area contributed by atoms with Gasteiger partial charge in [-0.15, -0.1) is 39.7 Å². The summed E-state index contributed by atoms with van der Waals surface area (Å²) in [5.41, 5.74) is 1.02. The largest absolute Gasteiger partial charge is 2.00 e. The molecule has 0 unspecified atom stereocenters. The molecular weight excluding hydrogens is 397 g/mol. The molecule has 3 aromatic carbocycles. The van der Waals surface area contributed by atoms with Gasteiger partial charge in [-0.25, -0.2) is 12.1 Å². The van der Waals surface area contributed by atoms with Crippen LogP contribution in [0.25, 0.3) is 11.1 Å². The fraction of sp³-hybridized carbons (Fsp3) is 0.0588. The van der Waals surface area contributed by atoms with E-state index in [1.54, 1.807) is 0 Å². The van der Waals surface area contributed by atoms with Gasteiger partial charge in [0.25, 0.3) is 0 Å². The minimum atomic E-state index is -4.30. The minimum absolute atomic E-state index is 0. The SMILES string of the molecule is FC(F)(F)c1ccc(-[c-]2cccc2)c(Br)c1.[Fe+2].c1cc[cH-]c1. The molecule has 0 radical (unpaired) electrons. The van der Waals surface area contributed by atoms with Crippen LogP contribution in [-0.4, -0.2) is 0 Å². The Hall–Kier alpha value is -1.29. The van der Waals surface area contributed by atoms with Crippen LogP contribution in [0.1, 0.15) is 5.56 Å². The van der Waals surface area contributed by atoms with E-state index < -0.39 is 11.7 Å². The maximum atomic E-state index is 12.4. The van der Waals surface area contributed by atoms with Gasteiger partial charge >= 0.3 is 23.2 Å². The summed E-state index contributed by atoms with van der Waals surface area (Å²) in [5.74, 6) is 0. The molecule has 22 heavy (non-hydrogen) atoms. The molecule has 0 fully saturated rings. The predicted octanol–water partition coefficient (Wildman–Crippen LogP) is 6.26. The van der Waals surface area contributed by atoms with E-state index in [2.05, 4.69) is 15.9 Å². The average Bonchev–Trinajstić information content (AvgIpc) is 3.14. The summed E-state index contributed by atoms with van der Waals surface area (Å²) in [7, 11) is 0. The quantitative estimate of drug-likeness (QED) is 0.329. The molecule has 0 saturated carbocycles. The molecule has 0 N–H and O–H groups in total. The first-order valence-corrected chi connectivity index (χ1v) is 7.03. The molecule has 0 amide bonds. The molecule has 0 spiro atoms. The van der Waals surface area contributed by atoms with E-state index in [0.29, 0.717) is 4.47 Å². The van der Waals surface area contributed by atoms with Crippen molar-refractivity contribution in [2.24, 2.45) is 0 Å². The summed E-state index contributed by atoms with van der Waals surface area (Å²) in [4.78, 5) is 0. The fourth-order valence-corrected chi connectivity index (χ4v) is 2.41. The second-order valence-corrected chi connectivity index (χ2v) is 5.18. The third kappa shape index (κ3) is 5.16. The van der Waals surface area contributed by atoms with Crippen molar-refractivity contribution in [3.8, 4) is 11.1 Å². The summed E-state index contributed by atoms with van der Waals surface area (Å²) in [5, 5.41) is 0. The molecular formula is C17H12BrF3Fe. The van der Waals surface area contributed by atoms with Crippen molar-refractivity contribution in [2.75, 3.05) is 0 Å². The van der Waals surface area contributed by atoms with Crippen LogP contribution in [0, 0.1) is 0 Å². The Morgan fingerprint density at radius 1 is 0.955 bits per heavy atom. The first-order valence-electron chi connectivity index (χ1n) is 6.24. The van der Waals surface area contributed by atoms with E-state index in [1.807, 2.05) is 54.6 Å². The maximum absolute atomic E-state index is 12.4. The van der Waals surface area contributed by atoms with Gasteiger partial charge in [0.2, 0.25) is 0 Å². The Labute approximate surface area is 146 Å². The number of rotatable bonds is 1. The number of alkyl halides is 3. The van der Waals surface area contributed by atoms with Gasteiger partial charge in [-0.3, -0.25) is 0 Å². The Kier molecular flexibility index (Phi) is 7.14. The Morgan fingerprint density at radius 3 is 1.95 bits per heavy atom. The Morgan fingerprint density at radius 2 is 1.55 bits per heavy atom. The van der Waals surface area contributed by atoms with Crippen molar-refractivity contribution < 1.29 is 30.2 Å². The number of halogens is 4. The van der Waals surface area contributed by atoms with Gasteiger partial charge in [0.05, 0.1) is 0 Å². The average molecular weight is 409 g/mol. The van der Waals surface area contributed by atoms with Crippen molar-refractivity contribution in [3.05, 3.63) is 82.8 Å². The fourth-order valence-electron chi connectivity index (χ4n) is 1.80. The normalized spacial score (nSPS) is 10.4. The van der Waals surface area contributed by atoms with E-state index in [9.17, 15) is 13.2 Å². The molecule has 0 nitrogen and oxygen atoms in total. The zero-order valence-electron chi connectivity index (χ0n) is 11.3. The monoisotopic (exact) mass is 408 g/mol. The van der Waals surface area contributed by atoms with Crippen LogP contribution in [0.15, 0.2) is 77.3 Å². The zero-order valence-corrected chi connectivity index (χ0v) is 14.0. The molecule has 5 heteroatoms. The molecule has 0 bridgehead atoms. The molecule has 0 aliphatic rings. The third-order valence-electron chi connectivity index (χ3n) is 2.83. The summed E-state index contributed by atoms with van der Waals surface area (Å²) in [6.07, 6.45) is -4.30. The summed E-state index contributed by atoms with van der Waals surface area (Å²) in [6, 6.07) is 21.1. The number of hydrogen-bond donors (Lipinski definition) is 0. The molecule has 0 aromatic heterocycles. The van der Waals surface area contributed by atoms with Crippen LogP contribution in [0.3, 0.4) is 0 Å². The van der Waals surface area contributed by atoms with Crippen molar-refractivity contribution >= 4 is 15.9 Å². The molecule has 0 aliphatic carbocycles. The van der Waals surface area contributed by atoms with Gasteiger partial charge in [0.1, 0.15) is 0 Å². The van der Waals surface area contributed by atoms with Crippen molar-refractivity contribution in [2.45, 2.75) is 6.18 Å². The molecule has 0 saturated heterocycles. The minimum Gasteiger partial charge on any atom is -0.214 e. The molecule has 3 rings (SSSR count). The van der Waals surface area contributed by atoms with E-state index in [0.717, 1.165) is 23.3 Å². The van der Waals surface area contributed by atoms with Gasteiger partial charge in [0.15, 0.2) is 0 Å². The van der Waals surface area contributed by atoms with Gasteiger partial charge in [-0.05, 0) is 4.47 Å². The van der Waals surface area contributed by atoms with Crippen LogP contribution >= 0.6 is 15.9 Å². The predicted molar refractivity (Wildman–Crippen MR) is 82.2 cm³/mol. The van der Waals surface area contributed by atoms with Crippen LogP contribution in [-0.2, 0) is 23.2 Å². The van der Waals surface area contributed by atoms with Crippen LogP contribution in [0.4, 0.5) is 13.2 Å². The zero-order chi connectivity index (χ0) is 15.3. The second-order valence-electron chi connectivity index (χ2n) is 4.33. The Balaban J connectivity index is 0.000000344. The summed E-state index contributed by atoms with van der Waals surface area (Å²) >= 11 is 3.16. The maximum Gasteiger partial charge on any atom is 2.00 e. The van der Waals surface area contributed by atoms with E-state index in [1.165, 1.54) is 6.07 Å². The second kappa shape index (κ2) is 8.37. The molecule has 0 aliphatic heterocycles. The van der Waals surface area contributed by atoms with Gasteiger partial charge in [-0.1, -0.05) is 17.7 Å². The topological polar surface area (TPSA) is 0 Å².